The van der Waals surface area contributed by atoms with Gasteiger partial charge < -0.3 is 14.9 Å². The van der Waals surface area contributed by atoms with Gasteiger partial charge in [-0.2, -0.15) is 0 Å². The lowest BCUT2D eigenvalue weighted by atomic mass is 10.1. The molecule has 0 aliphatic rings. The van der Waals surface area contributed by atoms with Gasteiger partial charge in [0.1, 0.15) is 11.8 Å². The van der Waals surface area contributed by atoms with Crippen LogP contribution in [0.1, 0.15) is 53.7 Å². The summed E-state index contributed by atoms with van der Waals surface area (Å²) in [6.07, 6.45) is 2.03. The molecule has 0 bridgehead atoms. The minimum atomic E-state index is -1.02. The van der Waals surface area contributed by atoms with Crippen LogP contribution in [0.5, 0.6) is 0 Å². The monoisotopic (exact) mass is 333 g/mol. The van der Waals surface area contributed by atoms with Crippen molar-refractivity contribution in [3.8, 4) is 5.82 Å². The molecule has 0 spiro atoms. The third kappa shape index (κ3) is 3.67. The van der Waals surface area contributed by atoms with Crippen molar-refractivity contribution in [2.24, 2.45) is 0 Å². The highest BCUT2D eigenvalue weighted by Crippen LogP contribution is 2.21. The molecule has 0 fully saturated rings. The van der Waals surface area contributed by atoms with Crippen molar-refractivity contribution in [3.63, 3.8) is 0 Å². The van der Waals surface area contributed by atoms with E-state index in [-0.39, 0.29) is 0 Å². The Morgan fingerprint density at radius 3 is 2.58 bits per heavy atom. The van der Waals surface area contributed by atoms with Gasteiger partial charge in [0.05, 0.1) is 5.56 Å². The van der Waals surface area contributed by atoms with Crippen LogP contribution in [-0.2, 0) is 4.79 Å². The molecule has 0 aliphatic carbocycles. The van der Waals surface area contributed by atoms with E-state index in [1.165, 1.54) is 0 Å². The van der Waals surface area contributed by atoms with E-state index in [0.717, 1.165) is 18.5 Å². The standard InChI is InChI=1S/C17H23N3O4/c1-5-6-7-14(17(22)23)18-16(21)13-8-10(2)20(12(13)4)15-9-11(3)24-19-15/h8-9,14H,5-7H2,1-4H3,(H,18,21)(H,22,23). The first-order chi connectivity index (χ1) is 11.3. The van der Waals surface area contributed by atoms with E-state index in [4.69, 9.17) is 4.52 Å². The predicted molar refractivity (Wildman–Crippen MR) is 88.5 cm³/mol. The van der Waals surface area contributed by atoms with Crippen LogP contribution in [0, 0.1) is 20.8 Å². The molecule has 1 atom stereocenters. The van der Waals surface area contributed by atoms with E-state index >= 15 is 0 Å². The number of aliphatic carboxylic acids is 1. The number of carbonyl (C=O) groups is 2. The summed E-state index contributed by atoms with van der Waals surface area (Å²) >= 11 is 0. The van der Waals surface area contributed by atoms with E-state index in [1.54, 1.807) is 26.0 Å². The van der Waals surface area contributed by atoms with Gasteiger partial charge in [0.15, 0.2) is 5.82 Å². The Bertz CT molecular complexity index is 745. The maximum absolute atomic E-state index is 12.5. The number of amides is 1. The molecule has 2 N–H and O–H groups in total. The molecule has 0 saturated heterocycles. The van der Waals surface area contributed by atoms with E-state index in [1.807, 2.05) is 18.4 Å². The lowest BCUT2D eigenvalue weighted by molar-refractivity contribution is -0.139. The third-order valence-corrected chi connectivity index (χ3v) is 3.97. The van der Waals surface area contributed by atoms with Crippen LogP contribution in [0.4, 0.5) is 0 Å². The summed E-state index contributed by atoms with van der Waals surface area (Å²) in [6, 6.07) is 2.63. The first-order valence-corrected chi connectivity index (χ1v) is 8.01. The minimum Gasteiger partial charge on any atom is -0.480 e. The Morgan fingerprint density at radius 1 is 1.33 bits per heavy atom. The topological polar surface area (TPSA) is 97.4 Å². The van der Waals surface area contributed by atoms with Crippen molar-refractivity contribution in [3.05, 3.63) is 34.8 Å². The molecule has 2 rings (SSSR count). The maximum atomic E-state index is 12.5. The Balaban J connectivity index is 2.25. The third-order valence-electron chi connectivity index (χ3n) is 3.97. The van der Waals surface area contributed by atoms with Crippen molar-refractivity contribution in [2.75, 3.05) is 0 Å². The number of hydrogen-bond acceptors (Lipinski definition) is 4. The number of rotatable bonds is 7. The smallest absolute Gasteiger partial charge is 0.326 e. The van der Waals surface area contributed by atoms with E-state index in [2.05, 4.69) is 10.5 Å². The fourth-order valence-electron chi connectivity index (χ4n) is 2.71. The molecule has 0 aliphatic heterocycles. The molecule has 0 saturated carbocycles. The van der Waals surface area contributed by atoms with Crippen LogP contribution < -0.4 is 5.32 Å². The number of carboxylic acid groups (broad SMARTS) is 1. The number of nitrogens with one attached hydrogen (secondary N) is 1. The van der Waals surface area contributed by atoms with Gasteiger partial charge in [-0.15, -0.1) is 0 Å². The number of aryl methyl sites for hydroxylation is 2. The predicted octanol–water partition coefficient (Wildman–Crippen LogP) is 2.76. The zero-order valence-corrected chi connectivity index (χ0v) is 14.4. The summed E-state index contributed by atoms with van der Waals surface area (Å²) < 4.78 is 6.90. The number of nitrogens with zero attached hydrogens (tertiary/aromatic N) is 2. The molecule has 2 aromatic rings. The van der Waals surface area contributed by atoms with Gasteiger partial charge in [0.25, 0.3) is 5.91 Å². The average Bonchev–Trinajstić information content (AvgIpc) is 3.06. The fraction of sp³-hybridized carbons (Fsp3) is 0.471. The minimum absolute atomic E-state index is 0.391. The zero-order valence-electron chi connectivity index (χ0n) is 14.4. The molecule has 1 unspecified atom stereocenters. The van der Waals surface area contributed by atoms with Crippen LogP contribution in [0.15, 0.2) is 16.7 Å². The quantitative estimate of drug-likeness (QED) is 0.812. The van der Waals surface area contributed by atoms with Crippen LogP contribution in [-0.4, -0.2) is 32.7 Å². The summed E-state index contributed by atoms with van der Waals surface area (Å²) in [5.74, 6) is -0.132. The molecule has 24 heavy (non-hydrogen) atoms. The van der Waals surface area contributed by atoms with Crippen molar-refractivity contribution in [2.45, 2.75) is 53.0 Å². The molecule has 0 aromatic carbocycles. The fourth-order valence-corrected chi connectivity index (χ4v) is 2.71. The van der Waals surface area contributed by atoms with Gasteiger partial charge in [0.2, 0.25) is 0 Å². The van der Waals surface area contributed by atoms with Crippen molar-refractivity contribution in [1.29, 1.82) is 0 Å². The Labute approximate surface area is 140 Å². The lowest BCUT2D eigenvalue weighted by Gasteiger charge is -2.14. The summed E-state index contributed by atoms with van der Waals surface area (Å²) in [6.45, 7) is 7.44. The Hall–Kier alpha value is -2.57. The average molecular weight is 333 g/mol. The second-order valence-corrected chi connectivity index (χ2v) is 5.92. The number of aromatic nitrogens is 2. The molecular formula is C17H23N3O4. The largest absolute Gasteiger partial charge is 0.480 e. The van der Waals surface area contributed by atoms with Gasteiger partial charge in [-0.05, 0) is 33.3 Å². The first-order valence-electron chi connectivity index (χ1n) is 8.01. The molecule has 7 nitrogen and oxygen atoms in total. The molecule has 2 heterocycles. The second-order valence-electron chi connectivity index (χ2n) is 5.92. The SMILES string of the molecule is CCCCC(NC(=O)c1cc(C)n(-c2cc(C)on2)c1C)C(=O)O. The van der Waals surface area contributed by atoms with Crippen molar-refractivity contribution >= 4 is 11.9 Å². The lowest BCUT2D eigenvalue weighted by Crippen LogP contribution is -2.40. The van der Waals surface area contributed by atoms with Crippen molar-refractivity contribution < 1.29 is 19.2 Å². The number of unbranched alkanes of at least 4 members (excludes halogenated alkanes) is 1. The molecule has 1 amide bonds. The van der Waals surface area contributed by atoms with E-state index in [9.17, 15) is 14.7 Å². The van der Waals surface area contributed by atoms with Gasteiger partial charge in [0, 0.05) is 17.5 Å². The summed E-state index contributed by atoms with van der Waals surface area (Å²) in [5, 5.41) is 15.8. The van der Waals surface area contributed by atoms with Crippen LogP contribution >= 0.6 is 0 Å². The van der Waals surface area contributed by atoms with Gasteiger partial charge in [-0.3, -0.25) is 9.36 Å². The van der Waals surface area contributed by atoms with Gasteiger partial charge >= 0.3 is 5.97 Å². The van der Waals surface area contributed by atoms with E-state index in [0.29, 0.717) is 29.3 Å². The van der Waals surface area contributed by atoms with Crippen LogP contribution in [0.2, 0.25) is 0 Å². The molecule has 2 aromatic heterocycles. The second kappa shape index (κ2) is 7.33. The summed E-state index contributed by atoms with van der Waals surface area (Å²) in [5.41, 5.74) is 1.96. The Morgan fingerprint density at radius 2 is 2.04 bits per heavy atom. The van der Waals surface area contributed by atoms with Crippen LogP contribution in [0.25, 0.3) is 5.82 Å². The highest BCUT2D eigenvalue weighted by molar-refractivity contribution is 5.98. The van der Waals surface area contributed by atoms with Crippen LogP contribution in [0.3, 0.4) is 0 Å². The highest BCUT2D eigenvalue weighted by Gasteiger charge is 2.23. The zero-order chi connectivity index (χ0) is 17.9. The molecule has 130 valence electrons. The summed E-state index contributed by atoms with van der Waals surface area (Å²) in [7, 11) is 0. The number of carboxylic acids is 1. The van der Waals surface area contributed by atoms with E-state index < -0.39 is 17.9 Å². The van der Waals surface area contributed by atoms with Gasteiger partial charge in [-0.25, -0.2) is 4.79 Å². The number of carbonyl (C=O) groups excluding carboxylic acids is 1. The molecule has 0 radical (unpaired) electrons. The first kappa shape index (κ1) is 17.8. The molecule has 7 heteroatoms. The Kier molecular flexibility index (Phi) is 5.43. The van der Waals surface area contributed by atoms with Gasteiger partial charge in [-0.1, -0.05) is 24.9 Å². The maximum Gasteiger partial charge on any atom is 0.326 e. The molecular weight excluding hydrogens is 310 g/mol. The number of hydrogen-bond donors (Lipinski definition) is 2. The normalized spacial score (nSPS) is 12.2. The summed E-state index contributed by atoms with van der Waals surface area (Å²) in [4.78, 5) is 23.8. The van der Waals surface area contributed by atoms with Crippen molar-refractivity contribution in [1.82, 2.24) is 15.0 Å². The highest BCUT2D eigenvalue weighted by atomic mass is 16.5.